The number of urea groups is 1. The smallest absolute Gasteiger partial charge is 0.277 e. The fraction of sp³-hybridized carbons (Fsp3) is 0.154. The lowest BCUT2D eigenvalue weighted by Crippen LogP contribution is -2.55. The Kier molecular flexibility index (Phi) is 3.23. The Labute approximate surface area is 104 Å². The summed E-state index contributed by atoms with van der Waals surface area (Å²) in [7, 11) is 1.34. The largest absolute Gasteiger partial charge is 0.330 e. The summed E-state index contributed by atoms with van der Waals surface area (Å²) < 4.78 is 0. The Morgan fingerprint density at radius 3 is 2.50 bits per heavy atom. The molecule has 5 heteroatoms. The van der Waals surface area contributed by atoms with Crippen molar-refractivity contribution in [2.75, 3.05) is 7.05 Å². The topological polar surface area (TPSA) is 66.5 Å². The van der Waals surface area contributed by atoms with Gasteiger partial charge < -0.3 is 0 Å². The molecule has 5 nitrogen and oxygen atoms in total. The van der Waals surface area contributed by atoms with Gasteiger partial charge in [0.15, 0.2) is 0 Å². The molecule has 1 heterocycles. The van der Waals surface area contributed by atoms with Gasteiger partial charge in [-0.3, -0.25) is 19.8 Å². The molecule has 1 aromatic rings. The van der Waals surface area contributed by atoms with Crippen molar-refractivity contribution in [1.29, 1.82) is 0 Å². The molecule has 92 valence electrons. The number of carbonyl (C=O) groups is 3. The van der Waals surface area contributed by atoms with Crippen LogP contribution in [-0.4, -0.2) is 29.8 Å². The van der Waals surface area contributed by atoms with Gasteiger partial charge in [-0.1, -0.05) is 42.5 Å². The number of hydrogen-bond acceptors (Lipinski definition) is 3. The van der Waals surface area contributed by atoms with Crippen LogP contribution in [0.5, 0.6) is 0 Å². The Hall–Kier alpha value is -2.43. The first-order valence-corrected chi connectivity index (χ1v) is 5.45. The number of rotatable bonds is 2. The van der Waals surface area contributed by atoms with Crippen molar-refractivity contribution < 1.29 is 14.4 Å². The minimum atomic E-state index is -0.951. The van der Waals surface area contributed by atoms with Gasteiger partial charge in [0.1, 0.15) is 5.92 Å². The van der Waals surface area contributed by atoms with E-state index >= 15 is 0 Å². The first-order valence-electron chi connectivity index (χ1n) is 5.45. The standard InChI is InChI=1S/C13H12N2O3/c1-15-12(17)10(11(16)14-13(15)18)8-7-9-5-3-2-4-6-9/h2-8,10H,1H3,(H,14,16,18)/b8-7+. The van der Waals surface area contributed by atoms with Crippen molar-refractivity contribution in [3.05, 3.63) is 42.0 Å². The summed E-state index contributed by atoms with van der Waals surface area (Å²) in [6, 6.07) is 8.63. The third-order valence-corrected chi connectivity index (χ3v) is 2.69. The highest BCUT2D eigenvalue weighted by Gasteiger charge is 2.36. The number of benzene rings is 1. The van der Waals surface area contributed by atoms with E-state index in [1.54, 1.807) is 6.08 Å². The quantitative estimate of drug-likeness (QED) is 0.790. The summed E-state index contributed by atoms with van der Waals surface area (Å²) in [6.45, 7) is 0. The predicted molar refractivity (Wildman–Crippen MR) is 65.3 cm³/mol. The van der Waals surface area contributed by atoms with E-state index in [2.05, 4.69) is 5.32 Å². The molecule has 0 bridgehead atoms. The normalized spacial score (nSPS) is 20.4. The second-order valence-corrected chi connectivity index (χ2v) is 3.94. The van der Waals surface area contributed by atoms with Crippen molar-refractivity contribution in [3.63, 3.8) is 0 Å². The number of barbiturate groups is 1. The van der Waals surface area contributed by atoms with Gasteiger partial charge >= 0.3 is 6.03 Å². The SMILES string of the molecule is CN1C(=O)NC(=O)C(/C=C/c2ccccc2)C1=O. The van der Waals surface area contributed by atoms with Crippen LogP contribution in [0.2, 0.25) is 0 Å². The van der Waals surface area contributed by atoms with Crippen LogP contribution in [0.4, 0.5) is 4.79 Å². The summed E-state index contributed by atoms with van der Waals surface area (Å²) in [5.41, 5.74) is 0.887. The minimum absolute atomic E-state index is 0.518. The van der Waals surface area contributed by atoms with E-state index in [-0.39, 0.29) is 0 Å². The fourth-order valence-electron chi connectivity index (χ4n) is 1.63. The molecule has 4 amide bonds. The maximum Gasteiger partial charge on any atom is 0.330 e. The number of nitrogens with one attached hydrogen (secondary N) is 1. The molecule has 1 aliphatic rings. The first kappa shape index (κ1) is 12.0. The Morgan fingerprint density at radius 1 is 1.17 bits per heavy atom. The highest BCUT2D eigenvalue weighted by molar-refractivity contribution is 6.17. The van der Waals surface area contributed by atoms with Gasteiger partial charge in [0.05, 0.1) is 0 Å². The minimum Gasteiger partial charge on any atom is -0.277 e. The van der Waals surface area contributed by atoms with Crippen LogP contribution >= 0.6 is 0 Å². The molecular formula is C13H12N2O3. The average Bonchev–Trinajstić information content (AvgIpc) is 2.37. The zero-order valence-corrected chi connectivity index (χ0v) is 9.79. The fourth-order valence-corrected chi connectivity index (χ4v) is 1.63. The van der Waals surface area contributed by atoms with Gasteiger partial charge in [-0.2, -0.15) is 0 Å². The molecule has 1 unspecified atom stereocenters. The lowest BCUT2D eigenvalue weighted by molar-refractivity contribution is -0.139. The van der Waals surface area contributed by atoms with E-state index in [1.807, 2.05) is 30.3 Å². The van der Waals surface area contributed by atoms with Gasteiger partial charge in [0.2, 0.25) is 11.8 Å². The lowest BCUT2D eigenvalue weighted by Gasteiger charge is -2.25. The molecule has 1 atom stereocenters. The molecule has 1 aromatic carbocycles. The zero-order chi connectivity index (χ0) is 13.1. The van der Waals surface area contributed by atoms with Crippen molar-refractivity contribution in [3.8, 4) is 0 Å². The molecule has 1 fully saturated rings. The van der Waals surface area contributed by atoms with Crippen molar-refractivity contribution >= 4 is 23.9 Å². The van der Waals surface area contributed by atoms with Crippen LogP contribution < -0.4 is 5.32 Å². The molecular weight excluding hydrogens is 232 g/mol. The van der Waals surface area contributed by atoms with E-state index in [1.165, 1.54) is 13.1 Å². The third-order valence-electron chi connectivity index (χ3n) is 2.69. The number of hydrogen-bond donors (Lipinski definition) is 1. The van der Waals surface area contributed by atoms with Gasteiger partial charge in [-0.15, -0.1) is 0 Å². The van der Waals surface area contributed by atoms with Crippen LogP contribution in [0.15, 0.2) is 36.4 Å². The molecule has 0 aliphatic carbocycles. The van der Waals surface area contributed by atoms with Crippen molar-refractivity contribution in [2.45, 2.75) is 0 Å². The van der Waals surface area contributed by atoms with E-state index in [0.29, 0.717) is 0 Å². The van der Waals surface area contributed by atoms with E-state index in [4.69, 9.17) is 0 Å². The van der Waals surface area contributed by atoms with E-state index in [9.17, 15) is 14.4 Å². The average molecular weight is 244 g/mol. The summed E-state index contributed by atoms with van der Waals surface area (Å²) >= 11 is 0. The van der Waals surface area contributed by atoms with Crippen LogP contribution in [0, 0.1) is 5.92 Å². The Balaban J connectivity index is 2.18. The summed E-state index contributed by atoms with van der Waals surface area (Å²) in [5.74, 6) is -2.06. The molecule has 1 saturated heterocycles. The highest BCUT2D eigenvalue weighted by atomic mass is 16.2. The van der Waals surface area contributed by atoms with Crippen LogP contribution in [-0.2, 0) is 9.59 Å². The maximum atomic E-state index is 11.8. The van der Waals surface area contributed by atoms with Gasteiger partial charge in [0, 0.05) is 7.05 Å². The molecule has 1 N–H and O–H groups in total. The van der Waals surface area contributed by atoms with Crippen LogP contribution in [0.3, 0.4) is 0 Å². The monoisotopic (exact) mass is 244 g/mol. The molecule has 0 spiro atoms. The molecule has 0 saturated carbocycles. The van der Waals surface area contributed by atoms with E-state index < -0.39 is 23.8 Å². The number of imide groups is 2. The van der Waals surface area contributed by atoms with Gasteiger partial charge in [0.25, 0.3) is 0 Å². The lowest BCUT2D eigenvalue weighted by atomic mass is 10.0. The van der Waals surface area contributed by atoms with Crippen LogP contribution in [0.25, 0.3) is 6.08 Å². The highest BCUT2D eigenvalue weighted by Crippen LogP contribution is 2.12. The first-order chi connectivity index (χ1) is 8.59. The molecule has 2 rings (SSSR count). The zero-order valence-electron chi connectivity index (χ0n) is 9.79. The Morgan fingerprint density at radius 2 is 1.83 bits per heavy atom. The maximum absolute atomic E-state index is 11.8. The van der Waals surface area contributed by atoms with E-state index in [0.717, 1.165) is 10.5 Å². The Bertz CT molecular complexity index is 522. The number of carbonyl (C=O) groups excluding carboxylic acids is 3. The summed E-state index contributed by atoms with van der Waals surface area (Å²) in [4.78, 5) is 35.4. The summed E-state index contributed by atoms with van der Waals surface area (Å²) in [5, 5.41) is 2.12. The summed E-state index contributed by atoms with van der Waals surface area (Å²) in [6.07, 6.45) is 3.18. The van der Waals surface area contributed by atoms with Gasteiger partial charge in [-0.05, 0) is 5.56 Å². The second kappa shape index (κ2) is 4.83. The molecule has 1 aliphatic heterocycles. The third kappa shape index (κ3) is 2.29. The molecule has 0 aromatic heterocycles. The van der Waals surface area contributed by atoms with Crippen molar-refractivity contribution in [1.82, 2.24) is 10.2 Å². The van der Waals surface area contributed by atoms with Gasteiger partial charge in [-0.25, -0.2) is 4.79 Å². The van der Waals surface area contributed by atoms with Crippen molar-refractivity contribution in [2.24, 2.45) is 5.92 Å². The second-order valence-electron chi connectivity index (χ2n) is 3.94. The predicted octanol–water partition coefficient (Wildman–Crippen LogP) is 1.02. The molecule has 18 heavy (non-hydrogen) atoms. The number of nitrogens with zero attached hydrogens (tertiary/aromatic N) is 1. The number of amides is 4. The molecule has 0 radical (unpaired) electrons. The van der Waals surface area contributed by atoms with Crippen LogP contribution in [0.1, 0.15) is 5.56 Å².